The van der Waals surface area contributed by atoms with E-state index in [0.717, 1.165) is 10.8 Å². The molecule has 3 aromatic rings. The molecule has 3 aromatic heterocycles. The SMILES string of the molecule is CC(C)OC(=O)OCOP(=O)(CO[C@H](C)Cn1cnc2c(N)ncnc21)OCOC(=O)OC(C)C.Nc1nc(=O)n([C@@H]2CS[C@H](CO)O2)cc1F. The van der Waals surface area contributed by atoms with Crippen LogP contribution in [-0.2, 0) is 48.6 Å². The third kappa shape index (κ3) is 13.2. The van der Waals surface area contributed by atoms with Gasteiger partial charge in [-0.2, -0.15) is 4.98 Å². The number of nitrogens with zero attached hydrogens (tertiary/aromatic N) is 6. The molecule has 51 heavy (non-hydrogen) atoms. The van der Waals surface area contributed by atoms with Gasteiger partial charge in [0.2, 0.25) is 13.6 Å². The summed E-state index contributed by atoms with van der Waals surface area (Å²) < 4.78 is 69.1. The van der Waals surface area contributed by atoms with Crippen molar-refractivity contribution in [1.29, 1.82) is 0 Å². The Hall–Kier alpha value is -4.12. The molecule has 1 saturated heterocycles. The summed E-state index contributed by atoms with van der Waals surface area (Å²) in [6, 6.07) is 0. The number of anilines is 2. The summed E-state index contributed by atoms with van der Waals surface area (Å²) in [5, 5.41) is 8.86. The van der Waals surface area contributed by atoms with Crippen LogP contribution in [0.15, 0.2) is 23.6 Å². The Kier molecular flexibility index (Phi) is 15.8. The highest BCUT2D eigenvalue weighted by molar-refractivity contribution is 8.00. The van der Waals surface area contributed by atoms with Gasteiger partial charge in [-0.05, 0) is 34.6 Å². The topological polar surface area (TPSA) is 276 Å². The van der Waals surface area contributed by atoms with E-state index in [1.165, 1.54) is 24.4 Å². The number of rotatable bonds is 15. The third-order valence-electron chi connectivity index (χ3n) is 6.04. The van der Waals surface area contributed by atoms with Gasteiger partial charge in [0.05, 0.1) is 44.0 Å². The summed E-state index contributed by atoms with van der Waals surface area (Å²) in [6.45, 7) is 6.83. The number of halogens is 1. The number of fused-ring (bicyclic) bond motifs is 1. The van der Waals surface area contributed by atoms with Crippen LogP contribution in [0.1, 0.15) is 40.8 Å². The lowest BCUT2D eigenvalue weighted by molar-refractivity contribution is -0.0369. The highest BCUT2D eigenvalue weighted by atomic mass is 32.2. The standard InChI is InChI=1S/C19H30N5O10P.C8H10FN3O3S/c1-12(2)33-18(25)28-9-31-35(27,32-10-29-19(26)34-13(3)4)11-30-14(5)6-24-8-23-15-16(20)21-7-22-17(15)24;9-4-1-12(8(14)11-7(4)10)5-3-16-6(2-13)15-5/h7-8,12-14H,6,9-11H2,1-5H3,(H2,20,21,22);1,5-6,13H,2-3H2,(H2,10,11,14)/t14-;5-,6+/m10/s1. The first-order valence-corrected chi connectivity index (χ1v) is 17.9. The van der Waals surface area contributed by atoms with E-state index in [-0.39, 0.29) is 19.0 Å². The summed E-state index contributed by atoms with van der Waals surface area (Å²) in [7, 11) is -4.06. The van der Waals surface area contributed by atoms with Crippen molar-refractivity contribution < 1.29 is 61.1 Å². The van der Waals surface area contributed by atoms with Gasteiger partial charge in [-0.25, -0.2) is 33.7 Å². The molecule has 0 spiro atoms. The van der Waals surface area contributed by atoms with E-state index < -0.39 is 87.1 Å². The van der Waals surface area contributed by atoms with Crippen LogP contribution < -0.4 is 17.2 Å². The Morgan fingerprint density at radius 1 is 1.06 bits per heavy atom. The molecule has 1 fully saturated rings. The lowest BCUT2D eigenvalue weighted by Gasteiger charge is -2.21. The second-order valence-electron chi connectivity index (χ2n) is 10.9. The summed E-state index contributed by atoms with van der Waals surface area (Å²) in [4.78, 5) is 50.0. The summed E-state index contributed by atoms with van der Waals surface area (Å²) in [5.41, 5.74) is 10.8. The number of carbonyl (C=O) groups is 2. The molecular formula is C27H40FN8O13PS. The van der Waals surface area contributed by atoms with Crippen LogP contribution in [0.3, 0.4) is 0 Å². The van der Waals surface area contributed by atoms with Crippen LogP contribution in [-0.4, -0.2) is 103 Å². The van der Waals surface area contributed by atoms with Gasteiger partial charge in [0.25, 0.3) is 0 Å². The van der Waals surface area contributed by atoms with E-state index >= 15 is 0 Å². The number of imidazole rings is 1. The number of aromatic nitrogens is 6. The smallest absolute Gasteiger partial charge is 0.432 e. The first kappa shape index (κ1) is 41.3. The van der Waals surface area contributed by atoms with Crippen molar-refractivity contribution >= 4 is 54.5 Å². The molecule has 0 radical (unpaired) electrons. The molecule has 1 aliphatic rings. The molecule has 24 heteroatoms. The van der Waals surface area contributed by atoms with Gasteiger partial charge in [-0.3, -0.25) is 18.2 Å². The Morgan fingerprint density at radius 2 is 1.69 bits per heavy atom. The zero-order valence-corrected chi connectivity index (χ0v) is 30.0. The van der Waals surface area contributed by atoms with Crippen LogP contribution in [0.2, 0.25) is 0 Å². The van der Waals surface area contributed by atoms with Gasteiger partial charge in [-0.15, -0.1) is 11.8 Å². The quantitative estimate of drug-likeness (QED) is 0.114. The lowest BCUT2D eigenvalue weighted by Crippen LogP contribution is -2.29. The minimum absolute atomic E-state index is 0.152. The molecule has 5 N–H and O–H groups in total. The monoisotopic (exact) mass is 766 g/mol. The maximum atomic E-state index is 13.1. The number of hydrogen-bond donors (Lipinski definition) is 3. The average molecular weight is 767 g/mol. The normalized spacial score (nSPS) is 16.5. The zero-order valence-electron chi connectivity index (χ0n) is 28.3. The number of nitrogen functional groups attached to an aromatic ring is 2. The van der Waals surface area contributed by atoms with Crippen molar-refractivity contribution in [1.82, 2.24) is 29.1 Å². The fourth-order valence-electron chi connectivity index (χ4n) is 3.80. The van der Waals surface area contributed by atoms with E-state index in [4.69, 9.17) is 54.0 Å². The summed E-state index contributed by atoms with van der Waals surface area (Å²) >= 11 is 1.35. The molecule has 4 rings (SSSR count). The van der Waals surface area contributed by atoms with Gasteiger partial charge >= 0.3 is 25.6 Å². The van der Waals surface area contributed by atoms with Crippen LogP contribution in [0.5, 0.6) is 0 Å². The maximum Gasteiger partial charge on any atom is 0.510 e. The van der Waals surface area contributed by atoms with Crippen molar-refractivity contribution in [2.45, 2.75) is 71.1 Å². The fraction of sp³-hybridized carbons (Fsp3) is 0.593. The first-order chi connectivity index (χ1) is 24.1. The van der Waals surface area contributed by atoms with E-state index in [1.807, 2.05) is 0 Å². The molecule has 0 amide bonds. The van der Waals surface area contributed by atoms with Crippen molar-refractivity contribution in [2.75, 3.05) is 43.8 Å². The van der Waals surface area contributed by atoms with Gasteiger partial charge in [0, 0.05) is 5.75 Å². The largest absolute Gasteiger partial charge is 0.510 e. The number of ether oxygens (including phenoxy) is 6. The van der Waals surface area contributed by atoms with Crippen molar-refractivity contribution in [2.24, 2.45) is 0 Å². The zero-order chi connectivity index (χ0) is 37.7. The summed E-state index contributed by atoms with van der Waals surface area (Å²) in [6.07, 6.45) is -0.781. The number of hydrogen-bond acceptors (Lipinski definition) is 20. The van der Waals surface area contributed by atoms with Crippen molar-refractivity contribution in [3.63, 3.8) is 0 Å². The number of nitrogens with two attached hydrogens (primary N) is 2. The fourth-order valence-corrected chi connectivity index (χ4v) is 5.82. The lowest BCUT2D eigenvalue weighted by atomic mass is 10.4. The first-order valence-electron chi connectivity index (χ1n) is 15.1. The molecular weight excluding hydrogens is 726 g/mol. The molecule has 0 aliphatic carbocycles. The van der Waals surface area contributed by atoms with Crippen molar-refractivity contribution in [3.05, 3.63) is 35.2 Å². The molecule has 3 atom stereocenters. The Morgan fingerprint density at radius 3 is 2.25 bits per heavy atom. The van der Waals surface area contributed by atoms with E-state index in [0.29, 0.717) is 16.9 Å². The van der Waals surface area contributed by atoms with E-state index in [2.05, 4.69) is 19.9 Å². The maximum absolute atomic E-state index is 13.1. The van der Waals surface area contributed by atoms with Gasteiger partial charge in [-0.1, -0.05) is 0 Å². The van der Waals surface area contributed by atoms with Gasteiger partial charge < -0.3 is 49.6 Å². The summed E-state index contributed by atoms with van der Waals surface area (Å²) in [5.74, 6) is -0.497. The minimum atomic E-state index is -4.06. The van der Waals surface area contributed by atoms with E-state index in [1.54, 1.807) is 39.2 Å². The van der Waals surface area contributed by atoms with Crippen LogP contribution in [0.4, 0.5) is 25.6 Å². The average Bonchev–Trinajstić information content (AvgIpc) is 3.70. The molecule has 21 nitrogen and oxygen atoms in total. The van der Waals surface area contributed by atoms with Crippen LogP contribution in [0, 0.1) is 5.82 Å². The molecule has 0 unspecified atom stereocenters. The van der Waals surface area contributed by atoms with Crippen molar-refractivity contribution in [3.8, 4) is 0 Å². The second-order valence-corrected chi connectivity index (χ2v) is 14.1. The third-order valence-corrected chi connectivity index (χ3v) is 8.62. The number of aliphatic hydroxyl groups excluding tert-OH is 1. The van der Waals surface area contributed by atoms with E-state index in [9.17, 15) is 23.3 Å². The highest BCUT2D eigenvalue weighted by Gasteiger charge is 2.30. The Bertz CT molecular complexity index is 1680. The van der Waals surface area contributed by atoms with Crippen LogP contribution in [0.25, 0.3) is 11.2 Å². The number of thioether (sulfide) groups is 1. The minimum Gasteiger partial charge on any atom is -0.432 e. The predicted molar refractivity (Wildman–Crippen MR) is 176 cm³/mol. The molecule has 0 saturated carbocycles. The number of aliphatic hydroxyl groups is 1. The Balaban J connectivity index is 0.000000362. The molecule has 284 valence electrons. The molecule has 0 aromatic carbocycles. The van der Waals surface area contributed by atoms with Gasteiger partial charge in [0.1, 0.15) is 29.9 Å². The Labute approximate surface area is 294 Å². The highest BCUT2D eigenvalue weighted by Crippen LogP contribution is 2.48. The predicted octanol–water partition coefficient (Wildman–Crippen LogP) is 2.58. The molecule has 4 heterocycles. The second kappa shape index (κ2) is 19.5. The molecule has 0 bridgehead atoms. The van der Waals surface area contributed by atoms with Crippen LogP contribution >= 0.6 is 19.4 Å². The molecule has 1 aliphatic heterocycles. The van der Waals surface area contributed by atoms with Gasteiger partial charge in [0.15, 0.2) is 23.1 Å². The number of carbonyl (C=O) groups excluding carboxylic acids is 2.